The van der Waals surface area contributed by atoms with Crippen LogP contribution in [-0.2, 0) is 6.42 Å². The van der Waals surface area contributed by atoms with Gasteiger partial charge in [-0.2, -0.15) is 0 Å². The molecule has 1 atom stereocenters. The molecule has 0 saturated heterocycles. The van der Waals surface area contributed by atoms with Crippen LogP contribution in [0.15, 0.2) is 4.42 Å². The molecule has 0 spiro atoms. The van der Waals surface area contributed by atoms with Crippen molar-refractivity contribution in [2.75, 3.05) is 11.9 Å². The molecule has 5 heteroatoms. The first-order valence-electron chi connectivity index (χ1n) is 4.92. The van der Waals surface area contributed by atoms with Gasteiger partial charge in [-0.25, -0.2) is 0 Å². The average Bonchev–Trinajstić information content (AvgIpc) is 2.53. The summed E-state index contributed by atoms with van der Waals surface area (Å²) < 4.78 is 5.33. The van der Waals surface area contributed by atoms with E-state index in [1.165, 1.54) is 0 Å². The van der Waals surface area contributed by atoms with Crippen LogP contribution in [0.3, 0.4) is 0 Å². The number of hydrogen-bond donors (Lipinski definition) is 2. The van der Waals surface area contributed by atoms with E-state index < -0.39 is 0 Å². The van der Waals surface area contributed by atoms with E-state index >= 15 is 0 Å². The van der Waals surface area contributed by atoms with Gasteiger partial charge in [0, 0.05) is 19.0 Å². The molecule has 0 aliphatic carbocycles. The van der Waals surface area contributed by atoms with Gasteiger partial charge in [0.2, 0.25) is 5.89 Å². The van der Waals surface area contributed by atoms with Crippen LogP contribution in [0.2, 0.25) is 0 Å². The highest BCUT2D eigenvalue weighted by Crippen LogP contribution is 2.10. The topological polar surface area (TPSA) is 77.0 Å². The maximum atomic E-state index is 5.37. The third-order valence-corrected chi connectivity index (χ3v) is 2.18. The minimum atomic E-state index is 0.321. The zero-order valence-corrected chi connectivity index (χ0v) is 8.95. The van der Waals surface area contributed by atoms with Crippen LogP contribution < -0.4 is 11.1 Å². The van der Waals surface area contributed by atoms with Crippen molar-refractivity contribution < 1.29 is 4.42 Å². The fraction of sp³-hybridized carbons (Fsp3) is 0.778. The molecule has 0 saturated carbocycles. The highest BCUT2D eigenvalue weighted by atomic mass is 16.4. The van der Waals surface area contributed by atoms with Gasteiger partial charge in [0.1, 0.15) is 0 Å². The summed E-state index contributed by atoms with van der Waals surface area (Å²) in [6.45, 7) is 6.88. The van der Waals surface area contributed by atoms with Crippen LogP contribution in [0.5, 0.6) is 0 Å². The number of aromatic nitrogens is 2. The number of nitrogens with zero attached hydrogens (tertiary/aromatic N) is 2. The lowest BCUT2D eigenvalue weighted by atomic mass is 10.1. The third-order valence-electron chi connectivity index (χ3n) is 2.18. The predicted octanol–water partition coefficient (Wildman–Crippen LogP) is 1.03. The normalized spacial score (nSPS) is 13.2. The van der Waals surface area contributed by atoms with Crippen molar-refractivity contribution in [1.82, 2.24) is 10.2 Å². The van der Waals surface area contributed by atoms with Gasteiger partial charge in [0.15, 0.2) is 0 Å². The Kier molecular flexibility index (Phi) is 3.88. The summed E-state index contributed by atoms with van der Waals surface area (Å²) in [7, 11) is 0. The first kappa shape index (κ1) is 11.0. The van der Waals surface area contributed by atoms with Crippen molar-refractivity contribution in [2.45, 2.75) is 33.2 Å². The molecule has 3 N–H and O–H groups in total. The van der Waals surface area contributed by atoms with Crippen LogP contribution >= 0.6 is 0 Å². The molecule has 0 aromatic carbocycles. The van der Waals surface area contributed by atoms with Crippen LogP contribution in [0, 0.1) is 5.92 Å². The van der Waals surface area contributed by atoms with E-state index in [4.69, 9.17) is 10.2 Å². The number of nitrogens with two attached hydrogens (primary N) is 1. The number of hydrogen-bond acceptors (Lipinski definition) is 5. The van der Waals surface area contributed by atoms with Gasteiger partial charge < -0.3 is 15.5 Å². The first-order chi connectivity index (χ1) is 6.63. The van der Waals surface area contributed by atoms with E-state index in [9.17, 15) is 0 Å². The summed E-state index contributed by atoms with van der Waals surface area (Å²) >= 11 is 0. The fourth-order valence-electron chi connectivity index (χ4n) is 0.898. The lowest BCUT2D eigenvalue weighted by molar-refractivity contribution is 0.482. The number of nitrogens with one attached hydrogen (secondary N) is 1. The van der Waals surface area contributed by atoms with Crippen molar-refractivity contribution >= 4 is 6.01 Å². The number of anilines is 1. The van der Waals surface area contributed by atoms with Gasteiger partial charge in [0.05, 0.1) is 0 Å². The smallest absolute Gasteiger partial charge is 0.315 e. The molecular weight excluding hydrogens is 180 g/mol. The molecule has 0 bridgehead atoms. The zero-order valence-electron chi connectivity index (χ0n) is 8.95. The van der Waals surface area contributed by atoms with Gasteiger partial charge in [-0.1, -0.05) is 18.9 Å². The largest absolute Gasteiger partial charge is 0.408 e. The van der Waals surface area contributed by atoms with Gasteiger partial charge in [-0.3, -0.25) is 0 Å². The van der Waals surface area contributed by atoms with E-state index in [1.807, 2.05) is 0 Å². The molecule has 0 amide bonds. The lowest BCUT2D eigenvalue weighted by Gasteiger charge is -2.14. The highest BCUT2D eigenvalue weighted by molar-refractivity contribution is 5.19. The lowest BCUT2D eigenvalue weighted by Crippen LogP contribution is -2.21. The fourth-order valence-corrected chi connectivity index (χ4v) is 0.898. The maximum Gasteiger partial charge on any atom is 0.315 e. The van der Waals surface area contributed by atoms with Gasteiger partial charge in [-0.15, -0.1) is 5.10 Å². The Morgan fingerprint density at radius 2 is 2.07 bits per heavy atom. The molecule has 1 rings (SSSR count). The molecule has 0 fully saturated rings. The molecule has 0 radical (unpaired) electrons. The molecule has 0 aliphatic rings. The Labute approximate surface area is 84.1 Å². The zero-order chi connectivity index (χ0) is 10.6. The monoisotopic (exact) mass is 198 g/mol. The summed E-state index contributed by atoms with van der Waals surface area (Å²) in [5.74, 6) is 1.12. The molecule has 5 nitrogen and oxygen atoms in total. The first-order valence-corrected chi connectivity index (χ1v) is 4.92. The molecular formula is C9H18N4O. The predicted molar refractivity (Wildman–Crippen MR) is 55.0 cm³/mol. The second-order valence-corrected chi connectivity index (χ2v) is 3.72. The Morgan fingerprint density at radius 1 is 1.36 bits per heavy atom. The van der Waals surface area contributed by atoms with Crippen molar-refractivity contribution in [2.24, 2.45) is 11.7 Å². The van der Waals surface area contributed by atoms with Crippen LogP contribution in [0.1, 0.15) is 26.7 Å². The van der Waals surface area contributed by atoms with E-state index in [0.717, 1.165) is 0 Å². The van der Waals surface area contributed by atoms with Gasteiger partial charge in [-0.05, 0) is 12.8 Å². The molecule has 0 aliphatic heterocycles. The molecule has 1 aromatic rings. The van der Waals surface area contributed by atoms with Crippen molar-refractivity contribution in [3.8, 4) is 0 Å². The van der Waals surface area contributed by atoms with Crippen molar-refractivity contribution in [3.63, 3.8) is 0 Å². The Balaban J connectivity index is 2.50. The minimum Gasteiger partial charge on any atom is -0.408 e. The molecule has 1 heterocycles. The van der Waals surface area contributed by atoms with Gasteiger partial charge >= 0.3 is 6.01 Å². The van der Waals surface area contributed by atoms with E-state index in [-0.39, 0.29) is 0 Å². The second-order valence-electron chi connectivity index (χ2n) is 3.72. The van der Waals surface area contributed by atoms with Crippen LogP contribution in [-0.4, -0.2) is 22.8 Å². The summed E-state index contributed by atoms with van der Waals surface area (Å²) in [4.78, 5) is 0. The van der Waals surface area contributed by atoms with Crippen molar-refractivity contribution in [1.29, 1.82) is 0 Å². The summed E-state index contributed by atoms with van der Waals surface area (Å²) in [5, 5.41) is 10.9. The Morgan fingerprint density at radius 3 is 2.64 bits per heavy atom. The van der Waals surface area contributed by atoms with Crippen LogP contribution in [0.25, 0.3) is 0 Å². The quantitative estimate of drug-likeness (QED) is 0.738. The SMILES string of the molecule is CC(C)C(C)Nc1nnc(CCN)o1. The summed E-state index contributed by atoms with van der Waals surface area (Å²) in [6.07, 6.45) is 0.630. The molecule has 1 unspecified atom stereocenters. The average molecular weight is 198 g/mol. The Bertz CT molecular complexity index is 272. The van der Waals surface area contributed by atoms with E-state index in [1.54, 1.807) is 0 Å². The summed E-state index contributed by atoms with van der Waals surface area (Å²) in [5.41, 5.74) is 5.37. The maximum absolute atomic E-state index is 5.37. The molecule has 1 aromatic heterocycles. The van der Waals surface area contributed by atoms with E-state index in [2.05, 4.69) is 36.3 Å². The van der Waals surface area contributed by atoms with Crippen LogP contribution in [0.4, 0.5) is 6.01 Å². The summed E-state index contributed by atoms with van der Waals surface area (Å²) in [6, 6.07) is 0.802. The third kappa shape index (κ3) is 2.99. The molecule has 80 valence electrons. The van der Waals surface area contributed by atoms with E-state index in [0.29, 0.717) is 36.8 Å². The van der Waals surface area contributed by atoms with Gasteiger partial charge in [0.25, 0.3) is 0 Å². The highest BCUT2D eigenvalue weighted by Gasteiger charge is 2.11. The number of rotatable bonds is 5. The second kappa shape index (κ2) is 4.95. The van der Waals surface area contributed by atoms with Crippen molar-refractivity contribution in [3.05, 3.63) is 5.89 Å². The Hall–Kier alpha value is -1.10. The standard InChI is InChI=1S/C9H18N4O/c1-6(2)7(3)11-9-13-12-8(14-9)4-5-10/h6-7H,4-5,10H2,1-3H3,(H,11,13). The minimum absolute atomic E-state index is 0.321. The molecule has 14 heavy (non-hydrogen) atoms.